The molecule has 0 radical (unpaired) electrons. The molecule has 62 valence electrons. The van der Waals surface area contributed by atoms with Crippen molar-refractivity contribution in [3.63, 3.8) is 0 Å². The van der Waals surface area contributed by atoms with Crippen LogP contribution in [0, 0.1) is 18.6 Å². The van der Waals surface area contributed by atoms with E-state index in [1.54, 1.807) is 0 Å². The molecule has 0 aliphatic carbocycles. The van der Waals surface area contributed by atoms with E-state index < -0.39 is 11.6 Å². The zero-order valence-electron chi connectivity index (χ0n) is 6.49. The third-order valence-electron chi connectivity index (χ3n) is 1.21. The van der Waals surface area contributed by atoms with Gasteiger partial charge in [-0.3, -0.25) is 0 Å². The minimum atomic E-state index is -0.543. The van der Waals surface area contributed by atoms with Crippen molar-refractivity contribution in [3.8, 4) is 0 Å². The van der Waals surface area contributed by atoms with Crippen molar-refractivity contribution in [2.24, 2.45) is 0 Å². The molecule has 0 aromatic heterocycles. The van der Waals surface area contributed by atoms with Crippen LogP contribution >= 0.6 is 0 Å². The molecule has 0 fully saturated rings. The van der Waals surface area contributed by atoms with Crippen LogP contribution in [0.15, 0.2) is 18.2 Å². The Bertz CT molecular complexity index is 220. The minimum Gasteiger partial charge on any atom is -1.00 e. The summed E-state index contributed by atoms with van der Waals surface area (Å²) < 4.78 is 24.7. The first kappa shape index (κ1) is 14.8. The zero-order valence-corrected chi connectivity index (χ0v) is 9.49. The molecule has 0 spiro atoms. The molecule has 0 atom stereocenters. The molecule has 0 amide bonds. The van der Waals surface area contributed by atoms with Gasteiger partial charge in [0.15, 0.2) is 0 Å². The Labute approximate surface area is 97.3 Å². The second-order valence-electron chi connectivity index (χ2n) is 2.03. The average Bonchev–Trinajstić information content (AvgIpc) is 1.85. The summed E-state index contributed by atoms with van der Waals surface area (Å²) in [4.78, 5) is 0. The molecular weight excluding hydrogens is 238 g/mol. The third kappa shape index (κ3) is 4.38. The van der Waals surface area contributed by atoms with E-state index in [4.69, 9.17) is 0 Å². The van der Waals surface area contributed by atoms with Crippen molar-refractivity contribution in [1.29, 1.82) is 0 Å². The first-order chi connectivity index (χ1) is 4.72. The Morgan fingerprint density at radius 3 is 1.83 bits per heavy atom. The van der Waals surface area contributed by atoms with Crippen LogP contribution in [-0.4, -0.2) is 23.1 Å². The molecule has 0 bridgehead atoms. The van der Waals surface area contributed by atoms with Crippen molar-refractivity contribution in [2.45, 2.75) is 6.42 Å². The van der Waals surface area contributed by atoms with E-state index >= 15 is 0 Å². The van der Waals surface area contributed by atoms with Gasteiger partial charge in [-0.05, 0) is 12.1 Å². The van der Waals surface area contributed by atoms with Gasteiger partial charge in [0, 0.05) is 6.07 Å². The smallest absolute Gasteiger partial charge is 1.00 e. The Balaban J connectivity index is 0. The molecule has 0 saturated heterocycles. The first-order valence-electron chi connectivity index (χ1n) is 2.96. The van der Waals surface area contributed by atoms with Crippen molar-refractivity contribution in [3.05, 3.63) is 42.3 Å². The summed E-state index contributed by atoms with van der Waals surface area (Å²) in [6, 6.07) is 3.39. The van der Waals surface area contributed by atoms with E-state index in [2.05, 4.69) is 6.92 Å². The predicted octanol–water partition coefficient (Wildman–Crippen LogP) is -1.04. The maximum absolute atomic E-state index is 12.3. The van der Waals surface area contributed by atoms with Crippen LogP contribution in [0.3, 0.4) is 0 Å². The molecule has 1 aromatic rings. The van der Waals surface area contributed by atoms with Gasteiger partial charge in [-0.2, -0.15) is 6.42 Å². The van der Waals surface area contributed by atoms with Crippen molar-refractivity contribution in [2.75, 3.05) is 0 Å². The number of rotatable bonds is 1. The van der Waals surface area contributed by atoms with Crippen LogP contribution < -0.4 is 17.0 Å². The van der Waals surface area contributed by atoms with Crippen LogP contribution in [0.2, 0.25) is 0 Å². The summed E-state index contributed by atoms with van der Waals surface area (Å²) in [6.07, 6.45) is 0.411. The summed E-state index contributed by atoms with van der Waals surface area (Å²) in [6.45, 7) is 3.50. The van der Waals surface area contributed by atoms with Crippen molar-refractivity contribution >= 4 is 23.1 Å². The Hall–Kier alpha value is 0.326. The van der Waals surface area contributed by atoms with E-state index in [-0.39, 0.29) is 40.0 Å². The van der Waals surface area contributed by atoms with E-state index in [9.17, 15) is 8.78 Å². The SMILES string of the molecule is [Br-].[CH2-]Cc1cc(F)cc(F)c1.[Mg+2]. The fourth-order valence-electron chi connectivity index (χ4n) is 0.755. The standard InChI is InChI=1S/C8H7F2.BrH.Mg/c1-2-6-3-7(9)5-8(10)4-6;;/h3-5H,1-2H2;1H;/q-1;;+2/p-1. The minimum absolute atomic E-state index is 0. The molecule has 0 N–H and O–H groups in total. The van der Waals surface area contributed by atoms with E-state index in [1.807, 2.05) is 0 Å². The largest absolute Gasteiger partial charge is 2.00 e. The van der Waals surface area contributed by atoms with Crippen molar-refractivity contribution in [1.82, 2.24) is 0 Å². The van der Waals surface area contributed by atoms with Gasteiger partial charge in [0.1, 0.15) is 11.6 Å². The molecular formula is C8H7BrF2Mg. The van der Waals surface area contributed by atoms with Crippen LogP contribution in [0.1, 0.15) is 5.56 Å². The maximum Gasteiger partial charge on any atom is 2.00 e. The Morgan fingerprint density at radius 2 is 1.50 bits per heavy atom. The second-order valence-corrected chi connectivity index (χ2v) is 2.03. The van der Waals surface area contributed by atoms with E-state index in [1.165, 1.54) is 12.1 Å². The zero-order chi connectivity index (χ0) is 7.56. The summed E-state index contributed by atoms with van der Waals surface area (Å²) in [5.41, 5.74) is 0.581. The molecule has 4 heteroatoms. The molecule has 0 nitrogen and oxygen atoms in total. The van der Waals surface area contributed by atoms with Gasteiger partial charge >= 0.3 is 23.1 Å². The number of hydrogen-bond acceptors (Lipinski definition) is 0. The van der Waals surface area contributed by atoms with Crippen LogP contribution in [0.4, 0.5) is 8.78 Å². The van der Waals surface area contributed by atoms with Gasteiger partial charge in [0.05, 0.1) is 0 Å². The van der Waals surface area contributed by atoms with Gasteiger partial charge in [0.2, 0.25) is 0 Å². The Kier molecular flexibility index (Phi) is 8.40. The van der Waals surface area contributed by atoms with E-state index in [0.29, 0.717) is 12.0 Å². The predicted molar refractivity (Wildman–Crippen MR) is 41.2 cm³/mol. The van der Waals surface area contributed by atoms with Crippen LogP contribution in [0.25, 0.3) is 0 Å². The quantitative estimate of drug-likeness (QED) is 0.438. The summed E-state index contributed by atoms with van der Waals surface area (Å²) >= 11 is 0. The number of hydrogen-bond donors (Lipinski definition) is 0. The molecule has 1 rings (SSSR count). The van der Waals surface area contributed by atoms with Gasteiger partial charge < -0.3 is 23.9 Å². The normalized spacial score (nSPS) is 8.25. The van der Waals surface area contributed by atoms with Gasteiger partial charge in [0.25, 0.3) is 0 Å². The fraction of sp³-hybridized carbons (Fsp3) is 0.125. The third-order valence-corrected chi connectivity index (χ3v) is 1.21. The molecule has 0 aliphatic rings. The van der Waals surface area contributed by atoms with Gasteiger partial charge in [-0.25, -0.2) is 8.78 Å². The fourth-order valence-corrected chi connectivity index (χ4v) is 0.755. The summed E-state index contributed by atoms with van der Waals surface area (Å²) in [5.74, 6) is -1.09. The first-order valence-corrected chi connectivity index (χ1v) is 2.96. The molecule has 0 heterocycles. The maximum atomic E-state index is 12.3. The van der Waals surface area contributed by atoms with Crippen LogP contribution in [0.5, 0.6) is 0 Å². The topological polar surface area (TPSA) is 0 Å². The number of benzene rings is 1. The van der Waals surface area contributed by atoms with Crippen molar-refractivity contribution < 1.29 is 25.8 Å². The molecule has 12 heavy (non-hydrogen) atoms. The molecule has 0 aliphatic heterocycles. The summed E-state index contributed by atoms with van der Waals surface area (Å²) in [5, 5.41) is 0. The molecule has 1 aromatic carbocycles. The van der Waals surface area contributed by atoms with Gasteiger partial charge in [-0.1, -0.05) is 5.56 Å². The molecule has 0 unspecified atom stereocenters. The van der Waals surface area contributed by atoms with E-state index in [0.717, 1.165) is 6.07 Å². The Morgan fingerprint density at radius 1 is 1.08 bits per heavy atom. The number of halogens is 3. The molecule has 0 saturated carbocycles. The van der Waals surface area contributed by atoms with Crippen LogP contribution in [-0.2, 0) is 6.42 Å². The summed E-state index contributed by atoms with van der Waals surface area (Å²) in [7, 11) is 0. The average molecular weight is 245 g/mol. The monoisotopic (exact) mass is 244 g/mol. The van der Waals surface area contributed by atoms with Gasteiger partial charge in [-0.15, -0.1) is 0 Å². The second kappa shape index (κ2) is 6.80.